The summed E-state index contributed by atoms with van der Waals surface area (Å²) in [5.74, 6) is 0.255. The van der Waals surface area contributed by atoms with Gasteiger partial charge in [0.05, 0.1) is 0 Å². The first-order valence-corrected chi connectivity index (χ1v) is 8.40. The fourth-order valence-electron chi connectivity index (χ4n) is 1.73. The van der Waals surface area contributed by atoms with Gasteiger partial charge in [-0.1, -0.05) is 56.7 Å². The molecule has 1 heterocycles. The number of hydrogen-bond donors (Lipinski definition) is 0. The number of rotatable bonds is 3. The van der Waals surface area contributed by atoms with E-state index in [2.05, 4.69) is 50.0 Å². The first-order valence-electron chi connectivity index (χ1n) is 8.40. The van der Waals surface area contributed by atoms with E-state index >= 15 is 0 Å². The first-order chi connectivity index (χ1) is 10.9. The highest BCUT2D eigenvalue weighted by atomic mass is 16.1. The van der Waals surface area contributed by atoms with E-state index in [1.54, 1.807) is 6.92 Å². The highest BCUT2D eigenvalue weighted by Crippen LogP contribution is 2.03. The van der Waals surface area contributed by atoms with Crippen LogP contribution < -0.4 is 0 Å². The molecule has 0 unspecified atom stereocenters. The fourth-order valence-corrected chi connectivity index (χ4v) is 1.73. The normalized spacial score (nSPS) is 9.13. The Labute approximate surface area is 142 Å². The van der Waals surface area contributed by atoms with Crippen LogP contribution in [-0.2, 0) is 17.6 Å². The smallest absolute Gasteiger partial charge is 0.129 e. The Morgan fingerprint density at radius 1 is 0.957 bits per heavy atom. The molecule has 0 N–H and O–H groups in total. The molecule has 0 saturated heterocycles. The van der Waals surface area contributed by atoms with Gasteiger partial charge in [-0.3, -0.25) is 4.98 Å². The monoisotopic (exact) mass is 313 g/mol. The molecule has 0 aliphatic carbocycles. The zero-order valence-corrected chi connectivity index (χ0v) is 15.5. The number of pyridine rings is 1. The molecule has 0 fully saturated rings. The Kier molecular flexibility index (Phi) is 11.5. The highest BCUT2D eigenvalue weighted by molar-refractivity contribution is 5.74. The summed E-state index contributed by atoms with van der Waals surface area (Å²) in [6.45, 7) is 11.9. The van der Waals surface area contributed by atoms with Crippen LogP contribution in [0.1, 0.15) is 56.6 Å². The van der Waals surface area contributed by atoms with Gasteiger partial charge in [-0.05, 0) is 51.3 Å². The van der Waals surface area contributed by atoms with Gasteiger partial charge in [0, 0.05) is 17.8 Å². The molecule has 1 aromatic heterocycles. The van der Waals surface area contributed by atoms with Crippen molar-refractivity contribution in [2.75, 3.05) is 0 Å². The molecule has 0 saturated carbocycles. The number of carbonyl (C=O) groups is 1. The molecule has 0 spiro atoms. The Hall–Kier alpha value is -1.96. The number of hydrogen-bond acceptors (Lipinski definition) is 2. The van der Waals surface area contributed by atoms with Gasteiger partial charge in [-0.25, -0.2) is 0 Å². The third kappa shape index (κ3) is 11.3. The molecule has 23 heavy (non-hydrogen) atoms. The van der Waals surface area contributed by atoms with Crippen molar-refractivity contribution >= 4 is 5.78 Å². The third-order valence-corrected chi connectivity index (χ3v) is 3.30. The summed E-state index contributed by atoms with van der Waals surface area (Å²) >= 11 is 0. The van der Waals surface area contributed by atoms with Crippen molar-refractivity contribution in [3.05, 3.63) is 65.0 Å². The van der Waals surface area contributed by atoms with Crippen LogP contribution in [0.15, 0.2) is 42.5 Å². The van der Waals surface area contributed by atoms with Gasteiger partial charge in [0.15, 0.2) is 0 Å². The molecule has 0 amide bonds. The van der Waals surface area contributed by atoms with E-state index in [4.69, 9.17) is 0 Å². The van der Waals surface area contributed by atoms with Gasteiger partial charge in [-0.15, -0.1) is 0 Å². The zero-order chi connectivity index (χ0) is 17.7. The Balaban J connectivity index is 0.000000332. The average molecular weight is 313 g/mol. The number of nitrogens with zero attached hydrogens (tertiary/aromatic N) is 1. The van der Waals surface area contributed by atoms with Crippen molar-refractivity contribution in [2.45, 2.75) is 60.8 Å². The molecule has 0 aliphatic heterocycles. The minimum Gasteiger partial charge on any atom is -0.300 e. The van der Waals surface area contributed by atoms with Gasteiger partial charge in [0.1, 0.15) is 5.78 Å². The van der Waals surface area contributed by atoms with Crippen LogP contribution in [0.25, 0.3) is 0 Å². The van der Waals surface area contributed by atoms with Crippen LogP contribution in [0.2, 0.25) is 0 Å². The maximum absolute atomic E-state index is 9.81. The van der Waals surface area contributed by atoms with E-state index < -0.39 is 0 Å². The van der Waals surface area contributed by atoms with Crippen LogP contribution in [0.4, 0.5) is 0 Å². The summed E-state index contributed by atoms with van der Waals surface area (Å²) in [5, 5.41) is 0. The molecule has 1 aromatic carbocycles. The largest absolute Gasteiger partial charge is 0.300 e. The number of benzene rings is 1. The Morgan fingerprint density at radius 3 is 1.91 bits per heavy atom. The molecule has 0 bridgehead atoms. The molecule has 0 atom stereocenters. The predicted octanol–water partition coefficient (Wildman–Crippen LogP) is 5.50. The van der Waals surface area contributed by atoms with E-state index in [0.717, 1.165) is 18.5 Å². The van der Waals surface area contributed by atoms with Crippen LogP contribution in [0.5, 0.6) is 0 Å². The predicted molar refractivity (Wildman–Crippen MR) is 99.9 cm³/mol. The van der Waals surface area contributed by atoms with Crippen molar-refractivity contribution in [1.29, 1.82) is 0 Å². The highest BCUT2D eigenvalue weighted by Gasteiger charge is 1.87. The molecule has 2 heteroatoms. The molecule has 0 aliphatic rings. The molecular weight excluding hydrogens is 282 g/mol. The lowest BCUT2D eigenvalue weighted by atomic mass is 10.1. The van der Waals surface area contributed by atoms with Gasteiger partial charge in [0.25, 0.3) is 0 Å². The molecule has 2 rings (SSSR count). The topological polar surface area (TPSA) is 30.0 Å². The van der Waals surface area contributed by atoms with E-state index in [0.29, 0.717) is 6.42 Å². The molecule has 0 radical (unpaired) electrons. The number of carbonyl (C=O) groups excluding carboxylic acids is 1. The van der Waals surface area contributed by atoms with Crippen molar-refractivity contribution in [3.63, 3.8) is 0 Å². The fraction of sp³-hybridized carbons (Fsp3) is 0.429. The maximum atomic E-state index is 9.81. The van der Waals surface area contributed by atoms with Crippen LogP contribution in [-0.4, -0.2) is 10.8 Å². The number of ketones is 1. The first kappa shape index (κ1) is 21.0. The standard InChI is InChI=1S/C9H12.C8H11N.C4H8O/c1-3-9-6-4-5-8(2)7-9;1-3-8-6-4-5-7(2)9-8;1-3-4(2)5/h4-7H,3H2,1-2H3;4-6H,3H2,1-2H3;3H2,1-2H3. The quantitative estimate of drug-likeness (QED) is 0.749. The van der Waals surface area contributed by atoms with Crippen molar-refractivity contribution < 1.29 is 4.79 Å². The van der Waals surface area contributed by atoms with Crippen LogP contribution in [0.3, 0.4) is 0 Å². The summed E-state index contributed by atoms with van der Waals surface area (Å²) in [6, 6.07) is 14.7. The van der Waals surface area contributed by atoms with Crippen molar-refractivity contribution in [3.8, 4) is 0 Å². The minimum absolute atomic E-state index is 0.255. The number of aromatic nitrogens is 1. The second kappa shape index (κ2) is 12.6. The van der Waals surface area contributed by atoms with E-state index in [1.807, 2.05) is 32.0 Å². The third-order valence-electron chi connectivity index (χ3n) is 3.30. The number of Topliss-reactive ketones (excluding diaryl/α,β-unsaturated/α-hetero) is 1. The molecule has 2 aromatic rings. The summed E-state index contributed by atoms with van der Waals surface area (Å²) in [6.07, 6.45) is 2.84. The van der Waals surface area contributed by atoms with Gasteiger partial charge in [0.2, 0.25) is 0 Å². The van der Waals surface area contributed by atoms with Gasteiger partial charge >= 0.3 is 0 Å². The lowest BCUT2D eigenvalue weighted by Crippen LogP contribution is -1.87. The lowest BCUT2D eigenvalue weighted by Gasteiger charge is -1.95. The second-order valence-electron chi connectivity index (χ2n) is 5.52. The van der Waals surface area contributed by atoms with Crippen LogP contribution in [0, 0.1) is 13.8 Å². The molecule has 2 nitrogen and oxygen atoms in total. The summed E-state index contributed by atoms with van der Waals surface area (Å²) in [7, 11) is 0. The van der Waals surface area contributed by atoms with E-state index in [9.17, 15) is 4.79 Å². The van der Waals surface area contributed by atoms with Crippen molar-refractivity contribution in [2.24, 2.45) is 0 Å². The van der Waals surface area contributed by atoms with Crippen LogP contribution >= 0.6 is 0 Å². The minimum atomic E-state index is 0.255. The molecular formula is C21H31NO. The summed E-state index contributed by atoms with van der Waals surface area (Å²) in [4.78, 5) is 14.1. The van der Waals surface area contributed by atoms with Crippen molar-refractivity contribution in [1.82, 2.24) is 4.98 Å². The maximum Gasteiger partial charge on any atom is 0.129 e. The Bertz CT molecular complexity index is 530. The lowest BCUT2D eigenvalue weighted by molar-refractivity contribution is -0.116. The van der Waals surface area contributed by atoms with Gasteiger partial charge in [-0.2, -0.15) is 0 Å². The van der Waals surface area contributed by atoms with E-state index in [-0.39, 0.29) is 5.78 Å². The summed E-state index contributed by atoms with van der Waals surface area (Å²) < 4.78 is 0. The average Bonchev–Trinajstić information content (AvgIpc) is 2.56. The summed E-state index contributed by atoms with van der Waals surface area (Å²) in [5.41, 5.74) is 5.06. The SMILES string of the molecule is CCC(C)=O.CCc1cccc(C)c1.CCc1cccc(C)n1. The second-order valence-corrected chi connectivity index (χ2v) is 5.52. The van der Waals surface area contributed by atoms with E-state index in [1.165, 1.54) is 16.8 Å². The van der Waals surface area contributed by atoms with Gasteiger partial charge < -0.3 is 4.79 Å². The Morgan fingerprint density at radius 2 is 1.57 bits per heavy atom. The zero-order valence-electron chi connectivity index (χ0n) is 15.5. The molecule has 126 valence electrons. The number of aryl methyl sites for hydroxylation is 4.